The number of allylic oxidation sites excluding steroid dienone is 2. The van der Waals surface area contributed by atoms with E-state index in [2.05, 4.69) is 6.07 Å². The smallest absolute Gasteiger partial charge is 0.329 e. The lowest BCUT2D eigenvalue weighted by atomic mass is 9.69. The average molecular weight is 365 g/mol. The van der Waals surface area contributed by atoms with Crippen LogP contribution in [0, 0.1) is 16.7 Å². The summed E-state index contributed by atoms with van der Waals surface area (Å²) in [6, 6.07) is 9.14. The highest BCUT2D eigenvalue weighted by Gasteiger charge is 2.66. The Morgan fingerprint density at radius 1 is 1.26 bits per heavy atom. The number of rotatable bonds is 4. The van der Waals surface area contributed by atoms with Gasteiger partial charge in [-0.3, -0.25) is 14.4 Å². The molecular weight excluding hydrogens is 346 g/mol. The summed E-state index contributed by atoms with van der Waals surface area (Å²) in [4.78, 5) is 38.6. The van der Waals surface area contributed by atoms with E-state index in [9.17, 15) is 19.6 Å². The summed E-state index contributed by atoms with van der Waals surface area (Å²) in [5.74, 6) is -2.49. The van der Waals surface area contributed by atoms with Gasteiger partial charge in [-0.05, 0) is 12.5 Å². The highest BCUT2D eigenvalue weighted by molar-refractivity contribution is 5.97. The highest BCUT2D eigenvalue weighted by atomic mass is 16.5. The van der Waals surface area contributed by atoms with Crippen molar-refractivity contribution in [2.75, 3.05) is 7.11 Å². The molecule has 1 saturated heterocycles. The van der Waals surface area contributed by atoms with E-state index in [0.717, 1.165) is 0 Å². The number of hydrogen-bond acceptors (Lipinski definition) is 6. The first-order chi connectivity index (χ1) is 12.9. The molecule has 2 aliphatic heterocycles. The van der Waals surface area contributed by atoms with E-state index in [4.69, 9.17) is 10.5 Å². The van der Waals surface area contributed by atoms with Gasteiger partial charge in [-0.2, -0.15) is 5.26 Å². The van der Waals surface area contributed by atoms with Gasteiger partial charge in [0.1, 0.15) is 6.04 Å². The van der Waals surface area contributed by atoms with E-state index >= 15 is 0 Å². The zero-order chi connectivity index (χ0) is 19.8. The Hall–Kier alpha value is -3.40. The lowest BCUT2D eigenvalue weighted by molar-refractivity contribution is -0.150. The lowest BCUT2D eigenvalue weighted by Gasteiger charge is -2.32. The lowest BCUT2D eigenvalue weighted by Crippen LogP contribution is -2.45. The van der Waals surface area contributed by atoms with Gasteiger partial charge in [0.05, 0.1) is 19.2 Å². The van der Waals surface area contributed by atoms with Crippen molar-refractivity contribution in [3.05, 3.63) is 59.8 Å². The number of benzene rings is 1. The van der Waals surface area contributed by atoms with Crippen LogP contribution in [0.5, 0.6) is 0 Å². The number of hydrogen-bond donors (Lipinski definition) is 1. The Bertz CT molecular complexity index is 900. The van der Waals surface area contributed by atoms with Crippen LogP contribution < -0.4 is 5.73 Å². The molecule has 0 spiro atoms. The van der Waals surface area contributed by atoms with E-state index in [-0.39, 0.29) is 5.78 Å². The number of fused-ring (bicyclic) bond motifs is 1. The van der Waals surface area contributed by atoms with Gasteiger partial charge in [0.25, 0.3) is 0 Å². The third-order valence-electron chi connectivity index (χ3n) is 5.23. The fraction of sp³-hybridized carbons (Fsp3) is 0.300. The number of ketones is 1. The largest absolute Gasteiger partial charge is 0.468 e. The number of nitriles is 1. The van der Waals surface area contributed by atoms with Gasteiger partial charge >= 0.3 is 5.97 Å². The van der Waals surface area contributed by atoms with Gasteiger partial charge in [0, 0.05) is 17.7 Å². The summed E-state index contributed by atoms with van der Waals surface area (Å²) in [6.07, 6.45) is 4.65. The number of ether oxygens (including phenoxy) is 1. The molecular formula is C20H19N3O4. The van der Waals surface area contributed by atoms with Gasteiger partial charge in [0.2, 0.25) is 5.91 Å². The Kier molecular flexibility index (Phi) is 4.58. The summed E-state index contributed by atoms with van der Waals surface area (Å²) in [5.41, 5.74) is 4.98. The summed E-state index contributed by atoms with van der Waals surface area (Å²) in [6.45, 7) is 1.40. The van der Waals surface area contributed by atoms with Crippen LogP contribution >= 0.6 is 0 Å². The van der Waals surface area contributed by atoms with Crippen LogP contribution in [0.1, 0.15) is 18.4 Å². The van der Waals surface area contributed by atoms with Gasteiger partial charge in [0.15, 0.2) is 11.2 Å². The van der Waals surface area contributed by atoms with Gasteiger partial charge in [-0.1, -0.05) is 42.5 Å². The van der Waals surface area contributed by atoms with Crippen molar-refractivity contribution in [3.8, 4) is 6.07 Å². The molecule has 0 saturated carbocycles. The predicted molar refractivity (Wildman–Crippen MR) is 95.8 cm³/mol. The average Bonchev–Trinajstić information content (AvgIpc) is 2.98. The van der Waals surface area contributed by atoms with Crippen molar-refractivity contribution in [2.45, 2.75) is 24.9 Å². The molecule has 2 heterocycles. The van der Waals surface area contributed by atoms with E-state index in [1.54, 1.807) is 42.5 Å². The minimum Gasteiger partial charge on any atom is -0.468 e. The number of nitrogens with two attached hydrogens (primary N) is 1. The SMILES string of the molecule is COC(=O)[C@@]1(C#N)[C@@H]2C=CC(C(C)=O)=CN2[C@@H](C(N)=O)[C@@H]1c1ccccc1. The molecule has 0 bridgehead atoms. The maximum absolute atomic E-state index is 12.8. The normalized spacial score (nSPS) is 28.7. The fourth-order valence-electron chi connectivity index (χ4n) is 4.05. The molecule has 7 heteroatoms. The molecule has 138 valence electrons. The quantitative estimate of drug-likeness (QED) is 0.798. The predicted octanol–water partition coefficient (Wildman–Crippen LogP) is 1.03. The van der Waals surface area contributed by atoms with Crippen molar-refractivity contribution in [3.63, 3.8) is 0 Å². The third-order valence-corrected chi connectivity index (χ3v) is 5.23. The van der Waals surface area contributed by atoms with Crippen LogP contribution in [0.4, 0.5) is 0 Å². The molecule has 2 N–H and O–H groups in total. The van der Waals surface area contributed by atoms with Gasteiger partial charge in [-0.25, -0.2) is 0 Å². The van der Waals surface area contributed by atoms with Crippen LogP contribution in [-0.4, -0.2) is 41.8 Å². The zero-order valence-corrected chi connectivity index (χ0v) is 15.0. The van der Waals surface area contributed by atoms with E-state index < -0.39 is 35.3 Å². The molecule has 7 nitrogen and oxygen atoms in total. The zero-order valence-electron chi connectivity index (χ0n) is 15.0. The van der Waals surface area contributed by atoms with Crippen molar-refractivity contribution in [2.24, 2.45) is 11.1 Å². The molecule has 4 atom stereocenters. The second-order valence-electron chi connectivity index (χ2n) is 6.60. The van der Waals surface area contributed by atoms with E-state index in [1.165, 1.54) is 25.1 Å². The van der Waals surface area contributed by atoms with Crippen LogP contribution in [0.15, 0.2) is 54.3 Å². The van der Waals surface area contributed by atoms with E-state index in [0.29, 0.717) is 11.1 Å². The molecule has 0 unspecified atom stereocenters. The minimum absolute atomic E-state index is 0.197. The first-order valence-corrected chi connectivity index (χ1v) is 8.40. The van der Waals surface area contributed by atoms with Crippen LogP contribution in [0.2, 0.25) is 0 Å². The monoisotopic (exact) mass is 365 g/mol. The maximum atomic E-state index is 12.8. The van der Waals surface area contributed by atoms with Crippen LogP contribution in [-0.2, 0) is 19.1 Å². The molecule has 0 radical (unpaired) electrons. The molecule has 0 aromatic heterocycles. The maximum Gasteiger partial charge on any atom is 0.329 e. The highest BCUT2D eigenvalue weighted by Crippen LogP contribution is 2.53. The third kappa shape index (κ3) is 2.61. The number of amides is 1. The summed E-state index contributed by atoms with van der Waals surface area (Å²) < 4.78 is 4.97. The van der Waals surface area contributed by atoms with Crippen molar-refractivity contribution in [1.29, 1.82) is 5.26 Å². The molecule has 0 aliphatic carbocycles. The van der Waals surface area contributed by atoms with Crippen LogP contribution in [0.3, 0.4) is 0 Å². The number of nitrogens with zero attached hydrogens (tertiary/aromatic N) is 2. The molecule has 1 aromatic rings. The Labute approximate surface area is 156 Å². The number of Topliss-reactive ketones (excluding diaryl/α,β-unsaturated/α-hetero) is 1. The molecule has 2 aliphatic rings. The Balaban J connectivity index is 2.29. The standard InChI is InChI=1S/C20H19N3O4/c1-12(24)14-8-9-15-20(11-21,19(26)27-2)16(13-6-4-3-5-7-13)17(18(22)25)23(15)10-14/h3-10,15-17H,1-2H3,(H2,22,25)/t15-,16-,17+,20-/m0/s1. The van der Waals surface area contributed by atoms with Crippen molar-refractivity contribution >= 4 is 17.7 Å². The Morgan fingerprint density at radius 2 is 1.93 bits per heavy atom. The molecule has 3 rings (SSSR count). The fourth-order valence-corrected chi connectivity index (χ4v) is 4.05. The Morgan fingerprint density at radius 3 is 2.44 bits per heavy atom. The summed E-state index contributed by atoms with van der Waals surface area (Å²) >= 11 is 0. The minimum atomic E-state index is -1.69. The number of primary amides is 1. The van der Waals surface area contributed by atoms with Crippen molar-refractivity contribution in [1.82, 2.24) is 4.90 Å². The van der Waals surface area contributed by atoms with Crippen molar-refractivity contribution < 1.29 is 19.1 Å². The number of methoxy groups -OCH3 is 1. The van der Waals surface area contributed by atoms with Gasteiger partial charge in [-0.15, -0.1) is 0 Å². The second-order valence-corrected chi connectivity index (χ2v) is 6.60. The number of carbonyl (C=O) groups is 3. The van der Waals surface area contributed by atoms with Crippen LogP contribution in [0.25, 0.3) is 0 Å². The molecule has 27 heavy (non-hydrogen) atoms. The number of carbonyl (C=O) groups excluding carboxylic acids is 3. The van der Waals surface area contributed by atoms with Gasteiger partial charge < -0.3 is 15.4 Å². The summed E-state index contributed by atoms with van der Waals surface area (Å²) in [5, 5.41) is 10.1. The second kappa shape index (κ2) is 6.72. The van der Waals surface area contributed by atoms with E-state index in [1.807, 2.05) is 0 Å². The molecule has 1 amide bonds. The molecule has 1 fully saturated rings. The number of esters is 1. The topological polar surface area (TPSA) is 113 Å². The molecule has 1 aromatic carbocycles. The first kappa shape index (κ1) is 18.4. The summed E-state index contributed by atoms with van der Waals surface area (Å²) in [7, 11) is 1.20. The first-order valence-electron chi connectivity index (χ1n) is 8.40.